The molecule has 0 aliphatic heterocycles. The second-order valence-corrected chi connectivity index (χ2v) is 13.3. The molecule has 44 heavy (non-hydrogen) atoms. The Balaban J connectivity index is 1.37. The lowest BCUT2D eigenvalue weighted by Gasteiger charge is -2.56. The molecule has 5 atom stereocenters. The van der Waals surface area contributed by atoms with Crippen molar-refractivity contribution in [3.8, 4) is 0 Å². The van der Waals surface area contributed by atoms with Gasteiger partial charge in [-0.2, -0.15) is 22.0 Å². The molecule has 0 spiro atoms. The number of benzene rings is 2. The molecule has 4 nitrogen and oxygen atoms in total. The van der Waals surface area contributed by atoms with E-state index in [1.807, 2.05) is 0 Å². The average molecular weight is 634 g/mol. The van der Waals surface area contributed by atoms with E-state index in [4.69, 9.17) is 11.6 Å². The van der Waals surface area contributed by atoms with E-state index in [2.05, 4.69) is 5.32 Å². The normalized spacial score (nSPS) is 30.3. The number of halogens is 6. The fraction of sp³-hybridized carbons (Fsp3) is 0.471. The SMILES string of the molecule is CC12C[C@H](c3ccc(C(=O)NCc4ccc(Cl)cc4)cc3)C3=C4CCC(=O)C=C4CCC3[C@@H]1CC[C@@]2(O)C(F)(F)C(F)(F)F. The summed E-state index contributed by atoms with van der Waals surface area (Å²) in [6.07, 6.45) is -3.12. The first kappa shape index (κ1) is 31.0. The average Bonchev–Trinajstić information content (AvgIpc) is 3.27. The summed E-state index contributed by atoms with van der Waals surface area (Å²) >= 11 is 5.92. The van der Waals surface area contributed by atoms with Crippen LogP contribution in [0, 0.1) is 17.3 Å². The molecule has 2 fully saturated rings. The molecule has 0 aromatic heterocycles. The van der Waals surface area contributed by atoms with E-state index in [0.29, 0.717) is 41.8 Å². The second-order valence-electron chi connectivity index (χ2n) is 12.9. The number of carbonyl (C=O) groups is 2. The van der Waals surface area contributed by atoms with Gasteiger partial charge < -0.3 is 10.4 Å². The number of nitrogens with one attached hydrogen (secondary N) is 1. The van der Waals surface area contributed by atoms with Crippen molar-refractivity contribution in [1.82, 2.24) is 5.32 Å². The smallest absolute Gasteiger partial charge is 0.383 e. The Morgan fingerprint density at radius 3 is 2.34 bits per heavy atom. The highest BCUT2D eigenvalue weighted by Gasteiger charge is 2.79. The van der Waals surface area contributed by atoms with Gasteiger partial charge in [-0.15, -0.1) is 0 Å². The van der Waals surface area contributed by atoms with Crippen molar-refractivity contribution >= 4 is 23.3 Å². The number of hydrogen-bond donors (Lipinski definition) is 2. The third kappa shape index (κ3) is 4.82. The van der Waals surface area contributed by atoms with Crippen LogP contribution in [0.2, 0.25) is 5.02 Å². The second kappa shape index (κ2) is 10.8. The van der Waals surface area contributed by atoms with Crippen LogP contribution >= 0.6 is 11.6 Å². The van der Waals surface area contributed by atoms with E-state index in [0.717, 1.165) is 22.3 Å². The van der Waals surface area contributed by atoms with Crippen LogP contribution in [0.25, 0.3) is 0 Å². The van der Waals surface area contributed by atoms with Gasteiger partial charge in [0.05, 0.1) is 0 Å². The van der Waals surface area contributed by atoms with Gasteiger partial charge in [-0.3, -0.25) is 9.59 Å². The first-order valence-corrected chi connectivity index (χ1v) is 15.3. The first-order chi connectivity index (χ1) is 20.7. The van der Waals surface area contributed by atoms with Gasteiger partial charge in [-0.1, -0.05) is 48.4 Å². The van der Waals surface area contributed by atoms with Gasteiger partial charge in [0, 0.05) is 34.9 Å². The third-order valence-corrected chi connectivity index (χ3v) is 11.0. The van der Waals surface area contributed by atoms with Crippen molar-refractivity contribution in [1.29, 1.82) is 0 Å². The molecule has 0 radical (unpaired) electrons. The van der Waals surface area contributed by atoms with E-state index >= 15 is 8.78 Å². The number of fused-ring (bicyclic) bond motifs is 4. The summed E-state index contributed by atoms with van der Waals surface area (Å²) in [5.74, 6) is -7.04. The minimum atomic E-state index is -5.90. The summed E-state index contributed by atoms with van der Waals surface area (Å²) in [5.41, 5.74) is -0.209. The molecule has 1 amide bonds. The lowest BCUT2D eigenvalue weighted by Crippen LogP contribution is -2.65. The molecule has 10 heteroatoms. The van der Waals surface area contributed by atoms with Crippen LogP contribution in [-0.2, 0) is 11.3 Å². The number of ketones is 1. The summed E-state index contributed by atoms with van der Waals surface area (Å²) in [6.45, 7) is 1.67. The van der Waals surface area contributed by atoms with E-state index < -0.39 is 41.4 Å². The summed E-state index contributed by atoms with van der Waals surface area (Å²) < 4.78 is 71.7. The van der Waals surface area contributed by atoms with Crippen molar-refractivity contribution in [2.75, 3.05) is 0 Å². The standard InChI is InChI=1S/C34H33ClF5NO3/c1-31-17-27(20-4-6-21(7-5-20)30(43)41-18-19-2-9-23(35)10-3-19)29-25-13-11-24(42)16-22(25)8-12-26(29)28(31)14-15-32(31,44)33(36,37)34(38,39)40/h2-7,9-10,16,26-28,44H,8,11-15,17-18H2,1H3,(H,41,43)/t26?,27-,28+,31?,32+/m1/s1. The van der Waals surface area contributed by atoms with Gasteiger partial charge >= 0.3 is 12.1 Å². The molecule has 2 aromatic carbocycles. The van der Waals surface area contributed by atoms with Crippen LogP contribution in [0.3, 0.4) is 0 Å². The molecule has 2 saturated carbocycles. The van der Waals surface area contributed by atoms with Crippen LogP contribution in [-0.4, -0.2) is 34.5 Å². The Labute approximate surface area is 257 Å². The minimum absolute atomic E-state index is 0.0222. The minimum Gasteiger partial charge on any atom is -0.383 e. The molecular formula is C34H33ClF5NO3. The number of alkyl halides is 5. The van der Waals surface area contributed by atoms with Gasteiger partial charge in [-0.25, -0.2) is 0 Å². The quantitative estimate of drug-likeness (QED) is 0.327. The zero-order valence-electron chi connectivity index (χ0n) is 24.1. The first-order valence-electron chi connectivity index (χ1n) is 14.9. The van der Waals surface area contributed by atoms with Crippen molar-refractivity contribution in [2.24, 2.45) is 17.3 Å². The zero-order valence-corrected chi connectivity index (χ0v) is 24.9. The number of rotatable bonds is 5. The molecule has 0 heterocycles. The van der Waals surface area contributed by atoms with Crippen LogP contribution in [0.5, 0.6) is 0 Å². The number of amides is 1. The topological polar surface area (TPSA) is 66.4 Å². The molecule has 2 aromatic rings. The predicted molar refractivity (Wildman–Crippen MR) is 155 cm³/mol. The van der Waals surface area contributed by atoms with Crippen molar-refractivity contribution in [3.05, 3.63) is 93.0 Å². The van der Waals surface area contributed by atoms with Crippen molar-refractivity contribution in [3.63, 3.8) is 0 Å². The van der Waals surface area contributed by atoms with E-state index in [-0.39, 0.29) is 37.0 Å². The summed E-state index contributed by atoms with van der Waals surface area (Å²) in [4.78, 5) is 25.1. The molecule has 0 bridgehead atoms. The van der Waals surface area contributed by atoms with E-state index in [1.54, 1.807) is 54.6 Å². The van der Waals surface area contributed by atoms with E-state index in [1.165, 1.54) is 6.92 Å². The maximum Gasteiger partial charge on any atom is 0.456 e. The highest BCUT2D eigenvalue weighted by atomic mass is 35.5. The monoisotopic (exact) mass is 633 g/mol. The summed E-state index contributed by atoms with van der Waals surface area (Å²) in [7, 11) is 0. The molecule has 0 saturated heterocycles. The maximum absolute atomic E-state index is 15.2. The lowest BCUT2D eigenvalue weighted by atomic mass is 9.50. The molecule has 6 rings (SSSR count). The molecule has 2 N–H and O–H groups in total. The number of aliphatic hydroxyl groups is 1. The lowest BCUT2D eigenvalue weighted by molar-refractivity contribution is -0.362. The van der Waals surface area contributed by atoms with Gasteiger partial charge in [0.1, 0.15) is 5.60 Å². The largest absolute Gasteiger partial charge is 0.456 e. The highest BCUT2D eigenvalue weighted by molar-refractivity contribution is 6.30. The molecular weight excluding hydrogens is 601 g/mol. The van der Waals surface area contributed by atoms with Gasteiger partial charge in [0.25, 0.3) is 5.91 Å². The summed E-state index contributed by atoms with van der Waals surface area (Å²) in [6, 6.07) is 13.7. The molecule has 4 aliphatic carbocycles. The molecule has 2 unspecified atom stereocenters. The Kier molecular flexibility index (Phi) is 7.60. The number of carbonyl (C=O) groups excluding carboxylic acids is 2. The fourth-order valence-electron chi connectivity index (χ4n) is 8.47. The Morgan fingerprint density at radius 2 is 1.68 bits per heavy atom. The van der Waals surface area contributed by atoms with Crippen LogP contribution in [0.1, 0.15) is 79.3 Å². The van der Waals surface area contributed by atoms with Gasteiger partial charge in [0.2, 0.25) is 0 Å². The van der Waals surface area contributed by atoms with Crippen LogP contribution < -0.4 is 5.32 Å². The Hall–Kier alpha value is -3.04. The predicted octanol–water partition coefficient (Wildman–Crippen LogP) is 8.10. The molecule has 234 valence electrons. The van der Waals surface area contributed by atoms with Crippen LogP contribution in [0.4, 0.5) is 22.0 Å². The fourth-order valence-corrected chi connectivity index (χ4v) is 8.59. The third-order valence-electron chi connectivity index (χ3n) is 10.7. The molecule has 4 aliphatic rings. The number of allylic oxidation sites excluding steroid dienone is 4. The zero-order chi connectivity index (χ0) is 31.7. The van der Waals surface area contributed by atoms with Crippen molar-refractivity contribution < 1.29 is 36.6 Å². The number of hydrogen-bond acceptors (Lipinski definition) is 3. The summed E-state index contributed by atoms with van der Waals surface area (Å²) in [5, 5.41) is 14.8. The Morgan fingerprint density at radius 1 is 1.00 bits per heavy atom. The van der Waals surface area contributed by atoms with Gasteiger partial charge in [0.15, 0.2) is 5.78 Å². The Bertz CT molecular complexity index is 1550. The van der Waals surface area contributed by atoms with Gasteiger partial charge in [-0.05, 0) is 103 Å². The highest BCUT2D eigenvalue weighted by Crippen LogP contribution is 2.70. The van der Waals surface area contributed by atoms with Crippen molar-refractivity contribution in [2.45, 2.75) is 82.0 Å². The van der Waals surface area contributed by atoms with E-state index in [9.17, 15) is 27.9 Å². The van der Waals surface area contributed by atoms with Crippen LogP contribution in [0.15, 0.2) is 71.3 Å². The maximum atomic E-state index is 15.2.